The van der Waals surface area contributed by atoms with Gasteiger partial charge in [0.2, 0.25) is 0 Å². The maximum atomic E-state index is 13.4. The van der Waals surface area contributed by atoms with Gasteiger partial charge in [-0.05, 0) is 17.8 Å². The molecule has 0 spiro atoms. The van der Waals surface area contributed by atoms with Crippen LogP contribution >= 0.6 is 35.0 Å². The Bertz CT molecular complexity index is 642. The van der Waals surface area contributed by atoms with Crippen molar-refractivity contribution in [1.29, 1.82) is 0 Å². The molecule has 0 saturated heterocycles. The molecule has 0 unspecified atom stereocenters. The van der Waals surface area contributed by atoms with E-state index in [9.17, 15) is 17.6 Å². The summed E-state index contributed by atoms with van der Waals surface area (Å²) in [6.45, 7) is 0.0921. The Balaban J connectivity index is 2.34. The van der Waals surface area contributed by atoms with Crippen LogP contribution in [0.15, 0.2) is 12.1 Å². The summed E-state index contributed by atoms with van der Waals surface area (Å²) in [5, 5.41) is -0.0930. The maximum absolute atomic E-state index is 13.4. The minimum Gasteiger partial charge on any atom is -0.327 e. The summed E-state index contributed by atoms with van der Waals surface area (Å²) in [5.74, 6) is 0.00547. The highest BCUT2D eigenvalue weighted by Gasteiger charge is 2.27. The molecule has 0 saturated carbocycles. The van der Waals surface area contributed by atoms with Crippen molar-refractivity contribution >= 4 is 46.0 Å². The molecule has 0 bridgehead atoms. The second-order valence-corrected chi connectivity index (χ2v) is 6.11. The molecule has 2 rings (SSSR count). The number of imidazole rings is 1. The van der Waals surface area contributed by atoms with Gasteiger partial charge in [-0.25, -0.2) is 9.37 Å². The fourth-order valence-electron chi connectivity index (χ4n) is 1.95. The fourth-order valence-corrected chi connectivity index (χ4v) is 2.78. The summed E-state index contributed by atoms with van der Waals surface area (Å²) in [7, 11) is 0. The topological polar surface area (TPSA) is 17.8 Å². The average Bonchev–Trinajstić information content (AvgIpc) is 2.67. The third-order valence-electron chi connectivity index (χ3n) is 2.77. The van der Waals surface area contributed by atoms with Crippen LogP contribution in [0.1, 0.15) is 5.82 Å². The van der Waals surface area contributed by atoms with E-state index in [4.69, 9.17) is 23.2 Å². The van der Waals surface area contributed by atoms with Crippen LogP contribution in [-0.2, 0) is 13.0 Å². The summed E-state index contributed by atoms with van der Waals surface area (Å²) >= 11 is 11.3. The summed E-state index contributed by atoms with van der Waals surface area (Å²) in [6.07, 6.45) is 0.381. The van der Waals surface area contributed by atoms with E-state index in [1.165, 1.54) is 12.1 Å². The van der Waals surface area contributed by atoms with Crippen molar-refractivity contribution in [1.82, 2.24) is 9.55 Å². The first kappa shape index (κ1) is 16.7. The Hall–Kier alpha value is -0.660. The zero-order valence-corrected chi connectivity index (χ0v) is 12.9. The molecule has 0 amide bonds. The Labute approximate surface area is 132 Å². The lowest BCUT2D eigenvalue weighted by molar-refractivity contribution is -0.0328. The predicted octanol–water partition coefficient (Wildman–Crippen LogP) is 4.86. The molecule has 0 atom stereocenters. The highest BCUT2D eigenvalue weighted by molar-refractivity contribution is 8.00. The van der Waals surface area contributed by atoms with E-state index in [0.29, 0.717) is 23.3 Å². The molecule has 1 aromatic heterocycles. The highest BCUT2D eigenvalue weighted by atomic mass is 35.5. The van der Waals surface area contributed by atoms with E-state index in [0.717, 1.165) is 0 Å². The highest BCUT2D eigenvalue weighted by Crippen LogP contribution is 2.31. The van der Waals surface area contributed by atoms with Gasteiger partial charge in [-0.15, -0.1) is 11.6 Å². The first-order chi connectivity index (χ1) is 9.81. The van der Waals surface area contributed by atoms with Crippen LogP contribution in [0.3, 0.4) is 0 Å². The number of thioether (sulfide) groups is 1. The molecule has 1 heterocycles. The van der Waals surface area contributed by atoms with Crippen LogP contribution in [0, 0.1) is 5.82 Å². The van der Waals surface area contributed by atoms with Crippen LogP contribution in [0.25, 0.3) is 11.0 Å². The first-order valence-corrected chi connectivity index (χ1v) is 7.82. The number of fused-ring (bicyclic) bond motifs is 1. The number of aryl methyl sites for hydroxylation is 2. The monoisotopic (exact) mass is 360 g/mol. The second-order valence-electron chi connectivity index (χ2n) is 4.17. The SMILES string of the molecule is Fc1cc2nc(CCCl)n(CCSC(F)(F)F)c2cc1Cl. The molecule has 0 radical (unpaired) electrons. The molecule has 21 heavy (non-hydrogen) atoms. The van der Waals surface area contributed by atoms with Gasteiger partial charge in [0.25, 0.3) is 0 Å². The lowest BCUT2D eigenvalue weighted by atomic mass is 10.3. The molecule has 0 aliphatic heterocycles. The summed E-state index contributed by atoms with van der Waals surface area (Å²) in [4.78, 5) is 4.21. The maximum Gasteiger partial charge on any atom is 0.441 e. The molecule has 9 heteroatoms. The number of benzene rings is 1. The van der Waals surface area contributed by atoms with Crippen molar-refractivity contribution in [2.24, 2.45) is 0 Å². The van der Waals surface area contributed by atoms with Crippen molar-refractivity contribution in [2.75, 3.05) is 11.6 Å². The summed E-state index contributed by atoms with van der Waals surface area (Å²) < 4.78 is 51.7. The molecule has 116 valence electrons. The molecule has 1 aromatic carbocycles. The lowest BCUT2D eigenvalue weighted by Gasteiger charge is -2.10. The number of hydrogen-bond acceptors (Lipinski definition) is 2. The van der Waals surface area contributed by atoms with Gasteiger partial charge in [-0.3, -0.25) is 0 Å². The van der Waals surface area contributed by atoms with Gasteiger partial charge in [-0.1, -0.05) is 11.6 Å². The molecule has 0 aliphatic carbocycles. The molecule has 0 N–H and O–H groups in total. The van der Waals surface area contributed by atoms with Crippen molar-refractivity contribution in [2.45, 2.75) is 18.5 Å². The van der Waals surface area contributed by atoms with Gasteiger partial charge in [-0.2, -0.15) is 13.2 Å². The molecule has 2 aromatic rings. The minimum absolute atomic E-state index is 0.0921. The second kappa shape index (κ2) is 6.62. The van der Waals surface area contributed by atoms with Gasteiger partial charge >= 0.3 is 5.51 Å². The van der Waals surface area contributed by atoms with Crippen LogP contribution in [0.4, 0.5) is 17.6 Å². The third kappa shape index (κ3) is 4.17. The van der Waals surface area contributed by atoms with E-state index in [1.54, 1.807) is 4.57 Å². The van der Waals surface area contributed by atoms with E-state index in [1.807, 2.05) is 0 Å². The molecule has 2 nitrogen and oxygen atoms in total. The van der Waals surface area contributed by atoms with Gasteiger partial charge in [0.1, 0.15) is 11.6 Å². The number of alkyl halides is 4. The Morgan fingerprint density at radius 3 is 2.62 bits per heavy atom. The lowest BCUT2D eigenvalue weighted by Crippen LogP contribution is -2.10. The number of aromatic nitrogens is 2. The van der Waals surface area contributed by atoms with E-state index < -0.39 is 11.3 Å². The Morgan fingerprint density at radius 1 is 1.29 bits per heavy atom. The number of rotatable bonds is 5. The largest absolute Gasteiger partial charge is 0.441 e. The predicted molar refractivity (Wildman–Crippen MR) is 77.6 cm³/mol. The van der Waals surface area contributed by atoms with E-state index in [2.05, 4.69) is 4.98 Å². The van der Waals surface area contributed by atoms with Crippen LogP contribution < -0.4 is 0 Å². The average molecular weight is 361 g/mol. The first-order valence-electron chi connectivity index (χ1n) is 5.92. The summed E-state index contributed by atoms with van der Waals surface area (Å²) in [6, 6.07) is 2.54. The van der Waals surface area contributed by atoms with Crippen molar-refractivity contribution in [3.8, 4) is 0 Å². The van der Waals surface area contributed by atoms with Gasteiger partial charge in [0, 0.05) is 30.7 Å². The Morgan fingerprint density at radius 2 is 2.00 bits per heavy atom. The normalized spacial score (nSPS) is 12.3. The smallest absolute Gasteiger partial charge is 0.327 e. The van der Waals surface area contributed by atoms with Crippen molar-refractivity contribution in [3.05, 3.63) is 28.8 Å². The van der Waals surface area contributed by atoms with Gasteiger partial charge < -0.3 is 4.57 Å². The van der Waals surface area contributed by atoms with Crippen LogP contribution in [0.5, 0.6) is 0 Å². The van der Waals surface area contributed by atoms with Crippen molar-refractivity contribution in [3.63, 3.8) is 0 Å². The standard InChI is InChI=1S/C12H10Cl2F4N2S/c13-2-1-11-19-9-6-8(15)7(14)5-10(9)20(11)3-4-21-12(16,17)18/h5-6H,1-4H2. The van der Waals surface area contributed by atoms with E-state index >= 15 is 0 Å². The van der Waals surface area contributed by atoms with Gasteiger partial charge in [0.05, 0.1) is 16.1 Å². The number of nitrogens with zero attached hydrogens (tertiary/aromatic N) is 2. The zero-order chi connectivity index (χ0) is 15.6. The minimum atomic E-state index is -4.28. The fraction of sp³-hybridized carbons (Fsp3) is 0.417. The molecule has 0 aliphatic rings. The molecular weight excluding hydrogens is 351 g/mol. The molecule has 0 fully saturated rings. The number of halogens is 6. The van der Waals surface area contributed by atoms with Crippen LogP contribution in [0.2, 0.25) is 5.02 Å². The quantitative estimate of drug-likeness (QED) is 0.559. The number of hydrogen-bond donors (Lipinski definition) is 0. The van der Waals surface area contributed by atoms with Crippen LogP contribution in [-0.4, -0.2) is 26.7 Å². The Kier molecular flexibility index (Phi) is 5.27. The zero-order valence-electron chi connectivity index (χ0n) is 10.6. The van der Waals surface area contributed by atoms with Crippen molar-refractivity contribution < 1.29 is 17.6 Å². The summed E-state index contributed by atoms with van der Waals surface area (Å²) in [5.41, 5.74) is -3.43. The van der Waals surface area contributed by atoms with Gasteiger partial charge in [0.15, 0.2) is 0 Å². The van der Waals surface area contributed by atoms with E-state index in [-0.39, 0.29) is 35.0 Å². The molecular formula is C12H10Cl2F4N2S. The third-order valence-corrected chi connectivity index (χ3v) is 3.96.